The van der Waals surface area contributed by atoms with E-state index in [9.17, 15) is 8.42 Å². The van der Waals surface area contributed by atoms with E-state index in [0.717, 1.165) is 73.8 Å². The summed E-state index contributed by atoms with van der Waals surface area (Å²) in [5.41, 5.74) is 4.03. The maximum Gasteiger partial charge on any atom is 0.296 e. The van der Waals surface area contributed by atoms with Gasteiger partial charge in [0.25, 0.3) is 16.0 Å². The average molecular weight is 556 g/mol. The summed E-state index contributed by atoms with van der Waals surface area (Å²) in [4.78, 5) is 4.91. The Morgan fingerprint density at radius 1 is 0.744 bits per heavy atom. The van der Waals surface area contributed by atoms with E-state index in [0.29, 0.717) is 24.0 Å². The lowest BCUT2D eigenvalue weighted by Crippen LogP contribution is -2.07. The van der Waals surface area contributed by atoms with E-state index in [1.165, 1.54) is 0 Å². The van der Waals surface area contributed by atoms with Gasteiger partial charge < -0.3 is 14.2 Å². The van der Waals surface area contributed by atoms with Crippen molar-refractivity contribution in [2.45, 2.75) is 76.7 Å². The van der Waals surface area contributed by atoms with Crippen LogP contribution in [0.5, 0.6) is 17.4 Å². The Morgan fingerprint density at radius 3 is 2.03 bits per heavy atom. The van der Waals surface area contributed by atoms with Gasteiger partial charge in [-0.2, -0.15) is 8.42 Å². The Hall–Kier alpha value is -3.10. The molecule has 1 aromatic heterocycles. The summed E-state index contributed by atoms with van der Waals surface area (Å²) in [5.74, 6) is 1.63. The van der Waals surface area contributed by atoms with E-state index < -0.39 is 10.1 Å². The molecule has 0 radical (unpaired) electrons. The molecule has 0 aliphatic rings. The summed E-state index contributed by atoms with van der Waals surface area (Å²) >= 11 is 0. The normalized spacial score (nSPS) is 11.4. The minimum Gasteiger partial charge on any atom is -0.489 e. The summed E-state index contributed by atoms with van der Waals surface area (Å²) in [7, 11) is -0.483. The van der Waals surface area contributed by atoms with Gasteiger partial charge in [0.15, 0.2) is 5.75 Å². The van der Waals surface area contributed by atoms with E-state index in [1.807, 2.05) is 44.2 Å². The number of aryl methyl sites for hydroxylation is 2. The van der Waals surface area contributed by atoms with Crippen molar-refractivity contribution in [1.82, 2.24) is 4.98 Å². The molecule has 0 saturated carbocycles. The van der Waals surface area contributed by atoms with Crippen LogP contribution < -0.4 is 14.2 Å². The van der Waals surface area contributed by atoms with Gasteiger partial charge in [-0.15, -0.1) is 0 Å². The second-order valence-electron chi connectivity index (χ2n) is 9.64. The third-order valence-corrected chi connectivity index (χ3v) is 7.97. The van der Waals surface area contributed by atoms with Crippen molar-refractivity contribution in [3.05, 3.63) is 77.0 Å². The summed E-state index contributed by atoms with van der Waals surface area (Å²) in [6.07, 6.45) is 7.89. The fourth-order valence-electron chi connectivity index (χ4n) is 4.34. The van der Waals surface area contributed by atoms with Crippen LogP contribution in [0.4, 0.5) is 0 Å². The maximum atomic E-state index is 12.2. The lowest BCUT2D eigenvalue weighted by Gasteiger charge is -2.18. The van der Waals surface area contributed by atoms with Gasteiger partial charge >= 0.3 is 0 Å². The first-order chi connectivity index (χ1) is 18.9. The number of unbranched alkanes of at least 4 members (excludes halogenated alkanes) is 6. The molecular formula is C31H41NO6S. The number of aromatic nitrogens is 1. The molecule has 0 unspecified atom stereocenters. The van der Waals surface area contributed by atoms with Gasteiger partial charge in [0, 0.05) is 5.56 Å². The zero-order chi connectivity index (χ0) is 28.1. The molecule has 0 fully saturated rings. The smallest absolute Gasteiger partial charge is 0.296 e. The standard InChI is InChI=1S/C31H41NO6S/c1-24-18-20-27(21-19-24)39(33,34)38-22-14-9-7-5-6-8-13-17-28-25(2)29(30(35-3)31(32-28)36-4)37-23-26-15-11-10-12-16-26/h10-12,15-16,18-21H,5-9,13-14,17,22-23H2,1-4H3. The SMILES string of the molecule is COc1nc(CCCCCCCCCOS(=O)(=O)c2ccc(C)cc2)c(C)c(OCc2ccccc2)c1OC. The van der Waals surface area contributed by atoms with Crippen LogP contribution in [0.2, 0.25) is 0 Å². The van der Waals surface area contributed by atoms with Gasteiger partial charge in [-0.1, -0.05) is 80.1 Å². The third kappa shape index (κ3) is 9.25. The summed E-state index contributed by atoms with van der Waals surface area (Å²) in [6.45, 7) is 4.60. The first kappa shape index (κ1) is 30.4. The molecule has 0 bridgehead atoms. The number of rotatable bonds is 17. The molecule has 212 valence electrons. The van der Waals surface area contributed by atoms with Gasteiger partial charge in [0.05, 0.1) is 31.4 Å². The lowest BCUT2D eigenvalue weighted by atomic mass is 10.0. The lowest BCUT2D eigenvalue weighted by molar-refractivity contribution is 0.269. The van der Waals surface area contributed by atoms with Crippen LogP contribution in [0.15, 0.2) is 59.5 Å². The highest BCUT2D eigenvalue weighted by Crippen LogP contribution is 2.40. The molecule has 0 spiro atoms. The van der Waals surface area contributed by atoms with Crippen LogP contribution in [-0.2, 0) is 27.3 Å². The largest absolute Gasteiger partial charge is 0.489 e. The van der Waals surface area contributed by atoms with Crippen LogP contribution in [0.25, 0.3) is 0 Å². The van der Waals surface area contributed by atoms with Crippen molar-refractivity contribution in [2.24, 2.45) is 0 Å². The topological polar surface area (TPSA) is 84.0 Å². The molecule has 0 saturated heterocycles. The second-order valence-corrected chi connectivity index (χ2v) is 11.3. The summed E-state index contributed by atoms with van der Waals surface area (Å²) < 4.78 is 46.9. The number of hydrogen-bond acceptors (Lipinski definition) is 7. The highest BCUT2D eigenvalue weighted by atomic mass is 32.2. The van der Waals surface area contributed by atoms with Gasteiger partial charge in [-0.3, -0.25) is 4.18 Å². The molecule has 39 heavy (non-hydrogen) atoms. The minimum absolute atomic E-state index is 0.210. The third-order valence-electron chi connectivity index (χ3n) is 6.64. The molecule has 0 amide bonds. The van der Waals surface area contributed by atoms with Gasteiger partial charge in [-0.25, -0.2) is 4.98 Å². The molecule has 0 aliphatic carbocycles. The molecule has 8 heteroatoms. The molecule has 0 N–H and O–H groups in total. The van der Waals surface area contributed by atoms with Crippen LogP contribution in [0.3, 0.4) is 0 Å². The Bertz CT molecular complexity index is 1260. The zero-order valence-electron chi connectivity index (χ0n) is 23.6. The second kappa shape index (κ2) is 15.5. The molecule has 7 nitrogen and oxygen atoms in total. The Labute approximate surface area is 233 Å². The first-order valence-corrected chi connectivity index (χ1v) is 15.0. The van der Waals surface area contributed by atoms with E-state index in [4.69, 9.17) is 23.4 Å². The van der Waals surface area contributed by atoms with Crippen molar-refractivity contribution in [3.8, 4) is 17.4 Å². The fourth-order valence-corrected chi connectivity index (χ4v) is 5.28. The van der Waals surface area contributed by atoms with Gasteiger partial charge in [0.1, 0.15) is 6.61 Å². The Morgan fingerprint density at radius 2 is 1.38 bits per heavy atom. The average Bonchev–Trinajstić information content (AvgIpc) is 2.94. The zero-order valence-corrected chi connectivity index (χ0v) is 24.4. The van der Waals surface area contributed by atoms with Gasteiger partial charge in [0.2, 0.25) is 5.75 Å². The number of ether oxygens (including phenoxy) is 3. The quantitative estimate of drug-likeness (QED) is 0.131. The minimum atomic E-state index is -3.67. The van der Waals surface area contributed by atoms with Crippen molar-refractivity contribution < 1.29 is 26.8 Å². The highest BCUT2D eigenvalue weighted by Gasteiger charge is 2.20. The molecular weight excluding hydrogens is 514 g/mol. The monoisotopic (exact) mass is 555 g/mol. The first-order valence-electron chi connectivity index (χ1n) is 13.6. The van der Waals surface area contributed by atoms with Gasteiger partial charge in [-0.05, 0) is 50.8 Å². The molecule has 1 heterocycles. The van der Waals surface area contributed by atoms with E-state index in [2.05, 4.69) is 0 Å². The molecule has 0 aliphatic heterocycles. The fraction of sp³-hybridized carbons (Fsp3) is 0.452. The number of pyridine rings is 1. The predicted octanol–water partition coefficient (Wildman–Crippen LogP) is 6.97. The Balaban J connectivity index is 1.38. The van der Waals surface area contributed by atoms with Crippen LogP contribution in [0, 0.1) is 13.8 Å². The van der Waals surface area contributed by atoms with Crippen LogP contribution in [-0.4, -0.2) is 34.2 Å². The molecule has 3 aromatic rings. The number of methoxy groups -OCH3 is 2. The van der Waals surface area contributed by atoms with Crippen LogP contribution in [0.1, 0.15) is 67.3 Å². The Kier molecular flexibility index (Phi) is 12.1. The van der Waals surface area contributed by atoms with Crippen molar-refractivity contribution in [1.29, 1.82) is 0 Å². The van der Waals surface area contributed by atoms with Crippen LogP contribution >= 0.6 is 0 Å². The predicted molar refractivity (Wildman–Crippen MR) is 153 cm³/mol. The van der Waals surface area contributed by atoms with Crippen molar-refractivity contribution in [3.63, 3.8) is 0 Å². The van der Waals surface area contributed by atoms with E-state index in [-0.39, 0.29) is 11.5 Å². The number of nitrogens with zero attached hydrogens (tertiary/aromatic N) is 1. The van der Waals surface area contributed by atoms with E-state index in [1.54, 1.807) is 38.5 Å². The molecule has 2 aromatic carbocycles. The number of benzene rings is 2. The van der Waals surface area contributed by atoms with Crippen molar-refractivity contribution in [2.75, 3.05) is 20.8 Å². The summed E-state index contributed by atoms with van der Waals surface area (Å²) in [5, 5.41) is 0. The van der Waals surface area contributed by atoms with Crippen molar-refractivity contribution >= 4 is 10.1 Å². The molecule has 3 rings (SSSR count). The summed E-state index contributed by atoms with van der Waals surface area (Å²) in [6, 6.07) is 16.7. The highest BCUT2D eigenvalue weighted by molar-refractivity contribution is 7.86. The maximum absolute atomic E-state index is 12.2. The molecule has 0 atom stereocenters. The number of hydrogen-bond donors (Lipinski definition) is 0. The van der Waals surface area contributed by atoms with E-state index >= 15 is 0 Å².